The molecule has 2 heteroatoms. The van der Waals surface area contributed by atoms with Crippen molar-refractivity contribution in [1.29, 1.82) is 0 Å². The molecule has 0 heterocycles. The molecule has 0 nitrogen and oxygen atoms in total. The zero-order valence-corrected chi connectivity index (χ0v) is 11.9. The summed E-state index contributed by atoms with van der Waals surface area (Å²) in [5.41, 5.74) is 1.47. The van der Waals surface area contributed by atoms with Crippen LogP contribution >= 0.6 is 45.2 Å². The van der Waals surface area contributed by atoms with Crippen LogP contribution in [0.5, 0.6) is 0 Å². The van der Waals surface area contributed by atoms with Crippen molar-refractivity contribution in [1.82, 2.24) is 0 Å². The molecular weight excluding hydrogens is 386 g/mol. The fourth-order valence-electron chi connectivity index (χ4n) is 1.23. The summed E-state index contributed by atoms with van der Waals surface area (Å²) >= 11 is 5.02. The monoisotopic (exact) mass is 400 g/mol. The number of halogens is 2. The highest BCUT2D eigenvalue weighted by molar-refractivity contribution is 14.1. The van der Waals surface area contributed by atoms with E-state index in [1.54, 1.807) is 0 Å². The van der Waals surface area contributed by atoms with Gasteiger partial charge in [0.15, 0.2) is 0 Å². The van der Waals surface area contributed by atoms with Crippen LogP contribution in [0, 0.1) is 0 Å². The van der Waals surface area contributed by atoms with Gasteiger partial charge in [0, 0.05) is 8.35 Å². The van der Waals surface area contributed by atoms with E-state index in [4.69, 9.17) is 0 Å². The molecule has 1 atom stereocenters. The summed E-state index contributed by atoms with van der Waals surface area (Å²) in [4.78, 5) is 0. The minimum atomic E-state index is 0.842. The first-order valence-electron chi connectivity index (χ1n) is 4.57. The van der Waals surface area contributed by atoms with Crippen molar-refractivity contribution in [2.75, 3.05) is 4.43 Å². The summed E-state index contributed by atoms with van der Waals surface area (Å²) < 4.78 is 2.12. The van der Waals surface area contributed by atoms with E-state index < -0.39 is 0 Å². The Morgan fingerprint density at radius 2 is 1.77 bits per heavy atom. The number of hydrogen-bond donors (Lipinski definition) is 0. The van der Waals surface area contributed by atoms with E-state index in [-0.39, 0.29) is 0 Å². The maximum atomic E-state index is 2.56. The third kappa shape index (κ3) is 5.20. The minimum Gasteiger partial charge on any atom is -0.0863 e. The third-order valence-electron chi connectivity index (χ3n) is 2.01. The van der Waals surface area contributed by atoms with Crippen LogP contribution in [0.4, 0.5) is 0 Å². The van der Waals surface area contributed by atoms with E-state index in [9.17, 15) is 0 Å². The van der Waals surface area contributed by atoms with Crippen LogP contribution in [0.15, 0.2) is 30.3 Å². The maximum Gasteiger partial charge on any atom is 0.0120 e. The van der Waals surface area contributed by atoms with Gasteiger partial charge in [0.1, 0.15) is 0 Å². The molecule has 0 fully saturated rings. The first-order valence-corrected chi connectivity index (χ1v) is 7.34. The van der Waals surface area contributed by atoms with Crippen molar-refractivity contribution in [2.45, 2.75) is 23.2 Å². The summed E-state index contributed by atoms with van der Waals surface area (Å²) in [5, 5.41) is 0. The zero-order chi connectivity index (χ0) is 9.52. The van der Waals surface area contributed by atoms with Crippen molar-refractivity contribution >= 4 is 45.2 Å². The summed E-state index contributed by atoms with van der Waals surface area (Å²) in [5.74, 6) is 0. The second kappa shape index (κ2) is 7.04. The average molecular weight is 400 g/mol. The second-order valence-corrected chi connectivity index (χ2v) is 5.94. The zero-order valence-electron chi connectivity index (χ0n) is 7.55. The SMILES string of the molecule is ICCC(I)CCc1ccccc1. The maximum absolute atomic E-state index is 2.56. The molecule has 0 aliphatic heterocycles. The van der Waals surface area contributed by atoms with Gasteiger partial charge in [-0.3, -0.25) is 0 Å². The van der Waals surface area contributed by atoms with Crippen molar-refractivity contribution in [2.24, 2.45) is 0 Å². The fraction of sp³-hybridized carbons (Fsp3) is 0.455. The number of benzene rings is 1. The van der Waals surface area contributed by atoms with Gasteiger partial charge in [0.2, 0.25) is 0 Å². The second-order valence-electron chi connectivity index (χ2n) is 3.10. The van der Waals surface area contributed by atoms with Crippen LogP contribution in [0.1, 0.15) is 18.4 Å². The van der Waals surface area contributed by atoms with E-state index in [0.29, 0.717) is 0 Å². The lowest BCUT2D eigenvalue weighted by atomic mass is 10.1. The minimum absolute atomic E-state index is 0.842. The Balaban J connectivity index is 2.27. The smallest absolute Gasteiger partial charge is 0.0120 e. The summed E-state index contributed by atoms with van der Waals surface area (Å²) in [6.45, 7) is 0. The Bertz CT molecular complexity index is 221. The lowest BCUT2D eigenvalue weighted by Gasteiger charge is -2.07. The predicted molar refractivity (Wildman–Crippen MR) is 76.1 cm³/mol. The standard InChI is InChI=1S/C11H14I2/c12-9-8-11(13)7-6-10-4-2-1-3-5-10/h1-5,11H,6-9H2. The molecule has 1 unspecified atom stereocenters. The van der Waals surface area contributed by atoms with Gasteiger partial charge in [0.25, 0.3) is 0 Å². The molecular formula is C11H14I2. The van der Waals surface area contributed by atoms with E-state index in [2.05, 4.69) is 75.5 Å². The van der Waals surface area contributed by atoms with Gasteiger partial charge in [0.05, 0.1) is 0 Å². The van der Waals surface area contributed by atoms with Gasteiger partial charge in [-0.2, -0.15) is 0 Å². The highest BCUT2D eigenvalue weighted by Gasteiger charge is 2.02. The molecule has 72 valence electrons. The Morgan fingerprint density at radius 1 is 1.08 bits per heavy atom. The Labute approximate surface area is 108 Å². The first-order chi connectivity index (χ1) is 6.33. The van der Waals surface area contributed by atoms with E-state index in [1.165, 1.54) is 29.3 Å². The Kier molecular flexibility index (Phi) is 6.36. The van der Waals surface area contributed by atoms with Crippen molar-refractivity contribution in [3.8, 4) is 0 Å². The van der Waals surface area contributed by atoms with Gasteiger partial charge < -0.3 is 0 Å². The van der Waals surface area contributed by atoms with Crippen LogP contribution in [-0.2, 0) is 6.42 Å². The molecule has 0 amide bonds. The average Bonchev–Trinajstić information content (AvgIpc) is 2.17. The highest BCUT2D eigenvalue weighted by Crippen LogP contribution is 2.15. The van der Waals surface area contributed by atoms with Crippen molar-refractivity contribution < 1.29 is 0 Å². The molecule has 0 aromatic heterocycles. The topological polar surface area (TPSA) is 0 Å². The van der Waals surface area contributed by atoms with Gasteiger partial charge >= 0.3 is 0 Å². The summed E-state index contributed by atoms with van der Waals surface area (Å²) in [6.07, 6.45) is 3.88. The van der Waals surface area contributed by atoms with Crippen LogP contribution < -0.4 is 0 Å². The molecule has 0 aliphatic carbocycles. The molecule has 0 saturated carbocycles. The van der Waals surface area contributed by atoms with Gasteiger partial charge in [-0.1, -0.05) is 75.5 Å². The van der Waals surface area contributed by atoms with Gasteiger partial charge in [-0.15, -0.1) is 0 Å². The number of rotatable bonds is 5. The molecule has 0 radical (unpaired) electrons. The molecule has 1 rings (SSSR count). The molecule has 1 aromatic rings. The number of hydrogen-bond acceptors (Lipinski definition) is 0. The van der Waals surface area contributed by atoms with Crippen molar-refractivity contribution in [3.05, 3.63) is 35.9 Å². The molecule has 13 heavy (non-hydrogen) atoms. The van der Waals surface area contributed by atoms with Gasteiger partial charge in [-0.25, -0.2) is 0 Å². The Hall–Kier alpha value is 0.680. The molecule has 0 saturated heterocycles. The molecule has 0 N–H and O–H groups in total. The van der Waals surface area contributed by atoms with E-state index >= 15 is 0 Å². The van der Waals surface area contributed by atoms with Crippen molar-refractivity contribution in [3.63, 3.8) is 0 Å². The fourth-order valence-corrected chi connectivity index (χ4v) is 3.80. The predicted octanol–water partition coefficient (Wildman–Crippen LogP) is 4.25. The van der Waals surface area contributed by atoms with E-state index in [1.807, 2.05) is 0 Å². The van der Waals surface area contributed by atoms with Crippen LogP contribution in [-0.4, -0.2) is 8.35 Å². The molecule has 0 bridgehead atoms. The van der Waals surface area contributed by atoms with Crippen LogP contribution in [0.25, 0.3) is 0 Å². The van der Waals surface area contributed by atoms with Crippen LogP contribution in [0.2, 0.25) is 0 Å². The number of aryl methyl sites for hydroxylation is 1. The summed E-state index contributed by atoms with van der Waals surface area (Å²) in [7, 11) is 0. The highest BCUT2D eigenvalue weighted by atomic mass is 127. The number of alkyl halides is 2. The molecule has 1 aromatic carbocycles. The largest absolute Gasteiger partial charge is 0.0863 e. The lowest BCUT2D eigenvalue weighted by Crippen LogP contribution is -2.00. The molecule has 0 spiro atoms. The van der Waals surface area contributed by atoms with Gasteiger partial charge in [-0.05, 0) is 24.8 Å². The lowest BCUT2D eigenvalue weighted by molar-refractivity contribution is 0.768. The van der Waals surface area contributed by atoms with Crippen LogP contribution in [0.3, 0.4) is 0 Å². The summed E-state index contributed by atoms with van der Waals surface area (Å²) in [6, 6.07) is 10.8. The third-order valence-corrected chi connectivity index (χ3v) is 3.88. The van der Waals surface area contributed by atoms with E-state index in [0.717, 1.165) is 3.92 Å². The quantitative estimate of drug-likeness (QED) is 0.513. The normalized spacial score (nSPS) is 12.8. The molecule has 0 aliphatic rings. The first kappa shape index (κ1) is 11.8. The Morgan fingerprint density at radius 3 is 2.38 bits per heavy atom.